The molecule has 0 radical (unpaired) electrons. The number of rotatable bonds is 4. The summed E-state index contributed by atoms with van der Waals surface area (Å²) in [5, 5.41) is 6.75. The lowest BCUT2D eigenvalue weighted by atomic mass is 10.2. The lowest BCUT2D eigenvalue weighted by Crippen LogP contribution is -2.21. The molecular formula is C17H13F2N3O3. The second kappa shape index (κ2) is 6.39. The number of aromatic nitrogens is 2. The Labute approximate surface area is 141 Å². The zero-order valence-electron chi connectivity index (χ0n) is 12.9. The van der Waals surface area contributed by atoms with Crippen LogP contribution in [0.3, 0.4) is 0 Å². The Morgan fingerprint density at radius 2 is 1.92 bits per heavy atom. The lowest BCUT2D eigenvalue weighted by Gasteiger charge is -2.23. The van der Waals surface area contributed by atoms with Crippen molar-refractivity contribution < 1.29 is 22.8 Å². The van der Waals surface area contributed by atoms with E-state index in [1.54, 1.807) is 6.07 Å². The molecule has 8 heteroatoms. The molecule has 0 amide bonds. The van der Waals surface area contributed by atoms with E-state index in [-0.39, 0.29) is 19.0 Å². The van der Waals surface area contributed by atoms with Gasteiger partial charge in [-0.1, -0.05) is 17.3 Å². The summed E-state index contributed by atoms with van der Waals surface area (Å²) in [6.45, 7) is 0.452. The molecular weight excluding hydrogens is 332 g/mol. The average Bonchev–Trinajstić information content (AvgIpc) is 3.11. The summed E-state index contributed by atoms with van der Waals surface area (Å²) < 4.78 is 42.7. The third-order valence-corrected chi connectivity index (χ3v) is 3.64. The SMILES string of the molecule is Fc1ccc(NCc2noc(C3COc4ccccc4O3)n2)cc1F. The maximum absolute atomic E-state index is 13.2. The molecule has 6 nitrogen and oxygen atoms in total. The monoisotopic (exact) mass is 345 g/mol. The van der Waals surface area contributed by atoms with Gasteiger partial charge >= 0.3 is 0 Å². The summed E-state index contributed by atoms with van der Waals surface area (Å²) in [6.07, 6.45) is -0.501. The van der Waals surface area contributed by atoms with Crippen molar-refractivity contribution in [2.75, 3.05) is 11.9 Å². The molecule has 1 unspecified atom stereocenters. The molecule has 0 spiro atoms. The highest BCUT2D eigenvalue weighted by atomic mass is 19.2. The van der Waals surface area contributed by atoms with E-state index in [1.165, 1.54) is 6.07 Å². The van der Waals surface area contributed by atoms with Gasteiger partial charge in [-0.05, 0) is 24.3 Å². The number of hydrogen-bond acceptors (Lipinski definition) is 6. The van der Waals surface area contributed by atoms with Crippen molar-refractivity contribution in [1.82, 2.24) is 10.1 Å². The number of fused-ring (bicyclic) bond motifs is 1. The molecule has 1 aliphatic rings. The normalized spacial score (nSPS) is 15.8. The smallest absolute Gasteiger partial charge is 0.271 e. The number of nitrogens with zero attached hydrogens (tertiary/aromatic N) is 2. The highest BCUT2D eigenvalue weighted by Gasteiger charge is 2.27. The van der Waals surface area contributed by atoms with Crippen LogP contribution in [0.4, 0.5) is 14.5 Å². The van der Waals surface area contributed by atoms with Crippen LogP contribution in [-0.2, 0) is 6.54 Å². The van der Waals surface area contributed by atoms with Gasteiger partial charge in [0.25, 0.3) is 5.89 Å². The maximum atomic E-state index is 13.2. The molecule has 0 saturated carbocycles. The van der Waals surface area contributed by atoms with Crippen LogP contribution in [0.2, 0.25) is 0 Å². The molecule has 128 valence electrons. The molecule has 0 fully saturated rings. The summed E-state index contributed by atoms with van der Waals surface area (Å²) in [6, 6.07) is 10.8. The maximum Gasteiger partial charge on any atom is 0.271 e. The minimum absolute atomic E-state index is 0.193. The molecule has 25 heavy (non-hydrogen) atoms. The molecule has 0 bridgehead atoms. The summed E-state index contributed by atoms with van der Waals surface area (Å²) >= 11 is 0. The van der Waals surface area contributed by atoms with Gasteiger partial charge in [-0.2, -0.15) is 4.98 Å². The van der Waals surface area contributed by atoms with Gasteiger partial charge in [-0.15, -0.1) is 0 Å². The second-order valence-corrected chi connectivity index (χ2v) is 5.40. The fourth-order valence-corrected chi connectivity index (χ4v) is 2.40. The van der Waals surface area contributed by atoms with Crippen LogP contribution in [0.15, 0.2) is 47.0 Å². The molecule has 3 aromatic rings. The van der Waals surface area contributed by atoms with Gasteiger partial charge in [-0.3, -0.25) is 0 Å². The first-order valence-electron chi connectivity index (χ1n) is 7.59. The van der Waals surface area contributed by atoms with Gasteiger partial charge in [0.1, 0.15) is 6.61 Å². The van der Waals surface area contributed by atoms with Crippen LogP contribution < -0.4 is 14.8 Å². The van der Waals surface area contributed by atoms with Crippen LogP contribution in [0.5, 0.6) is 11.5 Å². The Morgan fingerprint density at radius 1 is 1.08 bits per heavy atom. The summed E-state index contributed by atoms with van der Waals surface area (Å²) in [7, 11) is 0. The van der Waals surface area contributed by atoms with Gasteiger partial charge in [0, 0.05) is 11.8 Å². The van der Waals surface area contributed by atoms with Gasteiger partial charge in [0.05, 0.1) is 6.54 Å². The van der Waals surface area contributed by atoms with Crippen LogP contribution in [0.1, 0.15) is 17.8 Å². The highest BCUT2D eigenvalue weighted by Crippen LogP contribution is 2.35. The van der Waals surface area contributed by atoms with E-state index >= 15 is 0 Å². The van der Waals surface area contributed by atoms with Crippen molar-refractivity contribution in [3.05, 3.63) is 65.8 Å². The Morgan fingerprint density at radius 3 is 2.76 bits per heavy atom. The van der Waals surface area contributed by atoms with Crippen molar-refractivity contribution >= 4 is 5.69 Å². The van der Waals surface area contributed by atoms with Crippen LogP contribution in [-0.4, -0.2) is 16.7 Å². The largest absolute Gasteiger partial charge is 0.485 e. The zero-order valence-corrected chi connectivity index (χ0v) is 12.9. The first kappa shape index (κ1) is 15.4. The van der Waals surface area contributed by atoms with Crippen molar-refractivity contribution in [3.63, 3.8) is 0 Å². The number of nitrogens with one attached hydrogen (secondary N) is 1. The molecule has 1 aromatic heterocycles. The standard InChI is InChI=1S/C17H13F2N3O3/c18-11-6-5-10(7-12(11)19)20-8-16-21-17(25-22-16)15-9-23-13-3-1-2-4-14(13)24-15/h1-7,15,20H,8-9H2. The number of hydrogen-bond donors (Lipinski definition) is 1. The summed E-state index contributed by atoms with van der Waals surface area (Å²) in [5.74, 6) is 0.100. The number of benzene rings is 2. The zero-order chi connectivity index (χ0) is 17.2. The Balaban J connectivity index is 1.41. The van der Waals surface area contributed by atoms with Crippen molar-refractivity contribution in [2.24, 2.45) is 0 Å². The molecule has 0 saturated heterocycles. The fourth-order valence-electron chi connectivity index (χ4n) is 2.40. The van der Waals surface area contributed by atoms with Crippen LogP contribution in [0, 0.1) is 11.6 Å². The Kier molecular flexibility index (Phi) is 3.93. The molecule has 1 aliphatic heterocycles. The lowest BCUT2D eigenvalue weighted by molar-refractivity contribution is 0.0665. The fraction of sp³-hybridized carbons (Fsp3) is 0.176. The number of halogens is 2. The summed E-state index contributed by atoms with van der Waals surface area (Å²) in [4.78, 5) is 4.25. The Bertz CT molecular complexity index is 900. The van der Waals surface area contributed by atoms with Gasteiger partial charge in [0.15, 0.2) is 29.0 Å². The van der Waals surface area contributed by atoms with Crippen LogP contribution in [0.25, 0.3) is 0 Å². The van der Waals surface area contributed by atoms with Gasteiger partial charge in [0.2, 0.25) is 6.10 Å². The topological polar surface area (TPSA) is 69.4 Å². The Hall–Kier alpha value is -3.16. The molecule has 2 aromatic carbocycles. The number of ether oxygens (including phenoxy) is 2. The van der Waals surface area contributed by atoms with E-state index in [0.29, 0.717) is 23.0 Å². The molecule has 1 atom stereocenters. The first-order valence-corrected chi connectivity index (χ1v) is 7.59. The van der Waals surface area contributed by atoms with E-state index in [9.17, 15) is 8.78 Å². The minimum Gasteiger partial charge on any atom is -0.485 e. The van der Waals surface area contributed by atoms with E-state index < -0.39 is 17.7 Å². The summed E-state index contributed by atoms with van der Waals surface area (Å²) in [5.41, 5.74) is 0.413. The van der Waals surface area contributed by atoms with E-state index in [2.05, 4.69) is 15.5 Å². The van der Waals surface area contributed by atoms with Crippen LogP contribution >= 0.6 is 0 Å². The van der Waals surface area contributed by atoms with E-state index in [4.69, 9.17) is 14.0 Å². The highest BCUT2D eigenvalue weighted by molar-refractivity contribution is 5.43. The second-order valence-electron chi connectivity index (χ2n) is 5.40. The predicted molar refractivity (Wildman–Crippen MR) is 83.3 cm³/mol. The predicted octanol–water partition coefficient (Wildman–Crippen LogP) is 3.47. The van der Waals surface area contributed by atoms with Crippen molar-refractivity contribution in [2.45, 2.75) is 12.6 Å². The quantitative estimate of drug-likeness (QED) is 0.781. The van der Waals surface area contributed by atoms with E-state index in [1.807, 2.05) is 18.2 Å². The van der Waals surface area contributed by atoms with Gasteiger partial charge in [-0.25, -0.2) is 8.78 Å². The molecule has 4 rings (SSSR count). The third kappa shape index (κ3) is 3.23. The van der Waals surface area contributed by atoms with E-state index in [0.717, 1.165) is 12.1 Å². The first-order chi connectivity index (χ1) is 12.2. The average molecular weight is 345 g/mol. The van der Waals surface area contributed by atoms with Gasteiger partial charge < -0.3 is 19.3 Å². The van der Waals surface area contributed by atoms with Crippen molar-refractivity contribution in [3.8, 4) is 11.5 Å². The number of para-hydroxylation sites is 2. The third-order valence-electron chi connectivity index (χ3n) is 3.64. The minimum atomic E-state index is -0.926. The number of anilines is 1. The molecule has 1 N–H and O–H groups in total. The molecule has 0 aliphatic carbocycles. The molecule has 2 heterocycles. The van der Waals surface area contributed by atoms with Crippen molar-refractivity contribution in [1.29, 1.82) is 0 Å².